The number of halogens is 1. The first kappa shape index (κ1) is 29.0. The van der Waals surface area contributed by atoms with E-state index in [2.05, 4.69) is 51.7 Å². The molecule has 7 nitrogen and oxygen atoms in total. The van der Waals surface area contributed by atoms with Crippen molar-refractivity contribution in [2.75, 3.05) is 32.1 Å². The molecule has 2 unspecified atom stereocenters. The minimum absolute atomic E-state index is 0.0386. The van der Waals surface area contributed by atoms with Gasteiger partial charge in [-0.25, -0.2) is 4.79 Å². The van der Waals surface area contributed by atoms with E-state index in [-0.39, 0.29) is 24.1 Å². The summed E-state index contributed by atoms with van der Waals surface area (Å²) in [6.07, 6.45) is 0.746. The summed E-state index contributed by atoms with van der Waals surface area (Å²) in [6, 6.07) is 8.27. The van der Waals surface area contributed by atoms with E-state index in [0.29, 0.717) is 32.5 Å². The molecule has 1 aliphatic rings. The van der Waals surface area contributed by atoms with Crippen molar-refractivity contribution in [2.45, 2.75) is 65.1 Å². The molecular formula is C28H36BrN3O4S2. The molecule has 2 amide bonds. The van der Waals surface area contributed by atoms with E-state index < -0.39 is 5.60 Å². The number of benzene rings is 1. The molecule has 10 heteroatoms. The molecule has 0 saturated heterocycles. The number of methoxy groups -OCH3 is 1. The van der Waals surface area contributed by atoms with E-state index in [0.717, 1.165) is 24.8 Å². The lowest BCUT2D eigenvalue weighted by Gasteiger charge is -2.39. The van der Waals surface area contributed by atoms with Gasteiger partial charge in [0.05, 0.1) is 12.6 Å². The number of nitrogens with one attached hydrogen (secondary N) is 2. The standard InChI is InChI=1S/C28H36BrN3O4S2/c1-16-13-20-24(22-14-18-7-8-19(29)15-21(18)37-22)26(31-23(33)9-10-30-11-12-35-6)38-25(20)17(2)32(16)27(34)36-28(3,4)5/h7-8,14-17,30H,9-13H2,1-6H3,(H,31,33). The summed E-state index contributed by atoms with van der Waals surface area (Å²) < 4.78 is 13.0. The molecule has 38 heavy (non-hydrogen) atoms. The normalized spacial score (nSPS) is 17.5. The average molecular weight is 623 g/mol. The van der Waals surface area contributed by atoms with Gasteiger partial charge < -0.3 is 20.1 Å². The lowest BCUT2D eigenvalue weighted by molar-refractivity contribution is -0.116. The maximum Gasteiger partial charge on any atom is 0.411 e. The molecule has 0 bridgehead atoms. The van der Waals surface area contributed by atoms with Gasteiger partial charge in [0.15, 0.2) is 0 Å². The third kappa shape index (κ3) is 6.59. The average Bonchev–Trinajstić information content (AvgIpc) is 3.38. The predicted molar refractivity (Wildman–Crippen MR) is 160 cm³/mol. The number of fused-ring (bicyclic) bond motifs is 2. The van der Waals surface area contributed by atoms with Gasteiger partial charge in [0.2, 0.25) is 5.91 Å². The van der Waals surface area contributed by atoms with Gasteiger partial charge in [-0.3, -0.25) is 9.69 Å². The first-order valence-corrected chi connectivity index (χ1v) is 15.3. The van der Waals surface area contributed by atoms with Gasteiger partial charge in [-0.05, 0) is 70.2 Å². The van der Waals surface area contributed by atoms with Crippen LogP contribution in [0.2, 0.25) is 0 Å². The number of carbonyl (C=O) groups excluding carboxylic acids is 2. The fraction of sp³-hybridized carbons (Fsp3) is 0.500. The highest BCUT2D eigenvalue weighted by molar-refractivity contribution is 9.10. The monoisotopic (exact) mass is 621 g/mol. The van der Waals surface area contributed by atoms with Gasteiger partial charge in [-0.15, -0.1) is 22.7 Å². The molecule has 1 aromatic carbocycles. The number of carbonyl (C=O) groups is 2. The van der Waals surface area contributed by atoms with Gasteiger partial charge >= 0.3 is 6.09 Å². The Morgan fingerprint density at radius 3 is 2.63 bits per heavy atom. The van der Waals surface area contributed by atoms with Crippen molar-refractivity contribution in [1.82, 2.24) is 10.2 Å². The zero-order valence-electron chi connectivity index (χ0n) is 22.8. The van der Waals surface area contributed by atoms with Crippen LogP contribution in [0.25, 0.3) is 20.5 Å². The number of thiophene rings is 2. The molecule has 1 aliphatic heterocycles. The summed E-state index contributed by atoms with van der Waals surface area (Å²) in [5, 5.41) is 8.44. The second kappa shape index (κ2) is 12.0. The van der Waals surface area contributed by atoms with E-state index in [4.69, 9.17) is 9.47 Å². The first-order chi connectivity index (χ1) is 18.0. The van der Waals surface area contributed by atoms with Crippen molar-refractivity contribution >= 4 is 65.7 Å². The zero-order chi connectivity index (χ0) is 27.6. The quantitative estimate of drug-likeness (QED) is 0.260. The molecule has 0 spiro atoms. The number of hydrogen-bond acceptors (Lipinski definition) is 7. The highest BCUT2D eigenvalue weighted by Gasteiger charge is 2.39. The van der Waals surface area contributed by atoms with Gasteiger partial charge in [-0.2, -0.15) is 0 Å². The van der Waals surface area contributed by atoms with Gasteiger partial charge in [0.25, 0.3) is 0 Å². The van der Waals surface area contributed by atoms with Crippen LogP contribution in [0.1, 0.15) is 57.5 Å². The number of amides is 2. The lowest BCUT2D eigenvalue weighted by atomic mass is 9.93. The molecule has 0 radical (unpaired) electrons. The van der Waals surface area contributed by atoms with E-state index in [1.807, 2.05) is 38.7 Å². The second-order valence-electron chi connectivity index (χ2n) is 10.6. The lowest BCUT2D eigenvalue weighted by Crippen LogP contribution is -2.46. The van der Waals surface area contributed by atoms with E-state index in [1.54, 1.807) is 29.8 Å². The number of anilines is 1. The zero-order valence-corrected chi connectivity index (χ0v) is 26.0. The third-order valence-electron chi connectivity index (χ3n) is 6.41. The minimum atomic E-state index is -0.570. The van der Waals surface area contributed by atoms with Crippen LogP contribution in [0.5, 0.6) is 0 Å². The van der Waals surface area contributed by atoms with Crippen molar-refractivity contribution in [1.29, 1.82) is 0 Å². The van der Waals surface area contributed by atoms with Crippen molar-refractivity contribution in [3.05, 3.63) is 39.2 Å². The summed E-state index contributed by atoms with van der Waals surface area (Å²) in [5.41, 5.74) is 1.71. The van der Waals surface area contributed by atoms with Crippen LogP contribution in [0.3, 0.4) is 0 Å². The van der Waals surface area contributed by atoms with Crippen molar-refractivity contribution in [2.24, 2.45) is 0 Å². The van der Waals surface area contributed by atoms with Crippen LogP contribution >= 0.6 is 38.6 Å². The number of hydrogen-bond donors (Lipinski definition) is 2. The van der Waals surface area contributed by atoms with Crippen LogP contribution < -0.4 is 10.6 Å². The molecule has 2 atom stereocenters. The Bertz CT molecular complexity index is 1310. The van der Waals surface area contributed by atoms with E-state index in [1.165, 1.54) is 15.6 Å². The van der Waals surface area contributed by atoms with Crippen LogP contribution in [0.15, 0.2) is 28.7 Å². The van der Waals surface area contributed by atoms with Crippen molar-refractivity contribution in [3.8, 4) is 10.4 Å². The predicted octanol–water partition coefficient (Wildman–Crippen LogP) is 7.20. The summed E-state index contributed by atoms with van der Waals surface area (Å²) in [6.45, 7) is 11.7. The fourth-order valence-electron chi connectivity index (χ4n) is 4.74. The SMILES string of the molecule is COCCNCCC(=O)Nc1sc2c(c1-c1cc3ccc(Br)cc3s1)CC(C)N(C(=O)OC(C)(C)C)C2C. The number of nitrogens with zero attached hydrogens (tertiary/aromatic N) is 1. The second-order valence-corrected chi connectivity index (χ2v) is 13.7. The molecule has 0 aliphatic carbocycles. The van der Waals surface area contributed by atoms with Crippen LogP contribution in [-0.2, 0) is 20.7 Å². The molecule has 4 rings (SSSR count). The summed E-state index contributed by atoms with van der Waals surface area (Å²) in [7, 11) is 1.66. The highest BCUT2D eigenvalue weighted by Crippen LogP contribution is 2.51. The number of ether oxygens (including phenoxy) is 2. The van der Waals surface area contributed by atoms with Crippen molar-refractivity contribution < 1.29 is 19.1 Å². The third-order valence-corrected chi connectivity index (χ3v) is 9.33. The van der Waals surface area contributed by atoms with E-state index >= 15 is 0 Å². The molecule has 0 saturated carbocycles. The topological polar surface area (TPSA) is 79.9 Å². The molecule has 3 aromatic rings. The maximum absolute atomic E-state index is 13.1. The Balaban J connectivity index is 1.69. The Kier molecular flexibility index (Phi) is 9.19. The largest absolute Gasteiger partial charge is 0.444 e. The van der Waals surface area contributed by atoms with Gasteiger partial charge in [0.1, 0.15) is 10.6 Å². The summed E-state index contributed by atoms with van der Waals surface area (Å²) >= 11 is 6.87. The molecule has 3 heterocycles. The van der Waals surface area contributed by atoms with Crippen molar-refractivity contribution in [3.63, 3.8) is 0 Å². The molecular weight excluding hydrogens is 586 g/mol. The van der Waals surface area contributed by atoms with Crippen LogP contribution in [-0.4, -0.2) is 55.3 Å². The Morgan fingerprint density at radius 1 is 1.16 bits per heavy atom. The number of rotatable bonds is 8. The van der Waals surface area contributed by atoms with E-state index in [9.17, 15) is 9.59 Å². The Labute approximate surface area is 241 Å². The maximum atomic E-state index is 13.1. The Hall–Kier alpha value is -1.98. The molecule has 206 valence electrons. The van der Waals surface area contributed by atoms with Gasteiger partial charge in [-0.1, -0.05) is 22.0 Å². The first-order valence-electron chi connectivity index (χ1n) is 12.8. The van der Waals surface area contributed by atoms with Crippen LogP contribution in [0, 0.1) is 0 Å². The molecule has 2 N–H and O–H groups in total. The minimum Gasteiger partial charge on any atom is -0.444 e. The smallest absolute Gasteiger partial charge is 0.411 e. The fourth-order valence-corrected chi connectivity index (χ4v) is 7.82. The van der Waals surface area contributed by atoms with Crippen LogP contribution in [0.4, 0.5) is 9.80 Å². The summed E-state index contributed by atoms with van der Waals surface area (Å²) in [4.78, 5) is 30.2. The highest BCUT2D eigenvalue weighted by atomic mass is 79.9. The molecule has 2 aromatic heterocycles. The molecule has 0 fully saturated rings. The Morgan fingerprint density at radius 2 is 1.92 bits per heavy atom. The van der Waals surface area contributed by atoms with Gasteiger partial charge in [0, 0.05) is 57.2 Å². The summed E-state index contributed by atoms with van der Waals surface area (Å²) in [5.74, 6) is -0.0386.